The lowest BCUT2D eigenvalue weighted by Crippen LogP contribution is -2.48. The molecule has 7 aromatic rings. The minimum absolute atomic E-state index is 0.0111. The van der Waals surface area contributed by atoms with Gasteiger partial charge in [0, 0.05) is 89.8 Å². The second-order valence-corrected chi connectivity index (χ2v) is 38.1. The van der Waals surface area contributed by atoms with Crippen LogP contribution in [0.25, 0.3) is 33.2 Å². The SMILES string of the molecule is CC[C@@H]1C[C@]1(CC(=O)[C@@H]1C[C@@H](Oc2cc(-n3cccn3)cc3c(Cl)c(OC)ccc23)CN1C(=O)[C@@H](CC(=O)OC1C[C@@H]2C[C@@H]2C1)C(C)(C)C)C(=O)O.CC[C@@H]1C[C@]1(CC(=O)[C@@H]1C[C@H](OS(=O)(=O)c2ccc(Br)cc2)CN1C(=O)[C@@H](CC(=O)OC1C[C@@H]2C[C@@H]2C1)C(C)(C)C)C(=O)OC.COc1ccc2c(=O)cc(-n3cccn3)[nH]c2c1Cl. The number of Topliss-reactive ketones (excluding diaryl/α,β-unsaturated/α-hetero) is 2. The summed E-state index contributed by atoms with van der Waals surface area (Å²) in [6.07, 6.45) is 12.7. The van der Waals surface area contributed by atoms with Crippen molar-refractivity contribution in [3.63, 3.8) is 0 Å². The van der Waals surface area contributed by atoms with Gasteiger partial charge in [-0.05, 0) is 164 Å². The number of hydrogen-bond acceptors (Lipinski definition) is 20. The van der Waals surface area contributed by atoms with E-state index in [0.717, 1.165) is 25.7 Å². The first-order chi connectivity index (χ1) is 55.0. The lowest BCUT2D eigenvalue weighted by atomic mass is 9.77. The molecule has 2 unspecified atom stereocenters. The van der Waals surface area contributed by atoms with Crippen molar-refractivity contribution in [1.82, 2.24) is 34.3 Å². The molecule has 26 nitrogen and oxygen atoms in total. The molecule has 30 heteroatoms. The number of likely N-dealkylation sites (tertiary alicyclic amines) is 2. The van der Waals surface area contributed by atoms with E-state index in [1.165, 1.54) is 55.1 Å². The topological polar surface area (TPSA) is 331 Å². The molecular formula is C86H102BrCl2N7O19S. The van der Waals surface area contributed by atoms with E-state index in [0.29, 0.717) is 114 Å². The smallest absolute Gasteiger partial charge is 0.312 e. The molecule has 0 radical (unpaired) electrons. The van der Waals surface area contributed by atoms with Gasteiger partial charge in [-0.3, -0.25) is 47.3 Å². The highest BCUT2D eigenvalue weighted by Crippen LogP contribution is 2.60. The molecule has 4 aromatic carbocycles. The van der Waals surface area contributed by atoms with Crippen LogP contribution in [-0.2, 0) is 66.9 Å². The van der Waals surface area contributed by atoms with Gasteiger partial charge in [-0.15, -0.1) is 0 Å². The third-order valence-electron chi connectivity index (χ3n) is 25.2. The van der Waals surface area contributed by atoms with Crippen molar-refractivity contribution >= 4 is 118 Å². The Bertz CT molecular complexity index is 5070. The third-order valence-corrected chi connectivity index (χ3v) is 27.9. The highest BCUT2D eigenvalue weighted by molar-refractivity contribution is 9.10. The first kappa shape index (κ1) is 85.2. The molecule has 0 bridgehead atoms. The molecule has 0 spiro atoms. The summed E-state index contributed by atoms with van der Waals surface area (Å²) in [7, 11) is 0.158. The van der Waals surface area contributed by atoms with Gasteiger partial charge in [0.15, 0.2) is 17.0 Å². The van der Waals surface area contributed by atoms with Crippen molar-refractivity contribution in [2.24, 2.45) is 69.0 Å². The lowest BCUT2D eigenvalue weighted by Gasteiger charge is -2.35. The van der Waals surface area contributed by atoms with Crippen molar-refractivity contribution in [3.05, 3.63) is 128 Å². The van der Waals surface area contributed by atoms with E-state index in [1.807, 2.05) is 73.6 Å². The Balaban J connectivity index is 0.000000166. The van der Waals surface area contributed by atoms with Gasteiger partial charge in [-0.25, -0.2) is 9.36 Å². The number of esters is 3. The average molecular weight is 1720 g/mol. The van der Waals surface area contributed by atoms with Gasteiger partial charge in [-0.1, -0.05) is 107 Å². The van der Waals surface area contributed by atoms with Crippen LogP contribution < -0.4 is 19.6 Å². The number of nitrogens with one attached hydrogen (secondary N) is 1. The first-order valence-electron chi connectivity index (χ1n) is 39.9. The Morgan fingerprint density at radius 3 is 1.58 bits per heavy atom. The summed E-state index contributed by atoms with van der Waals surface area (Å²) in [5.41, 5.74) is -2.26. The van der Waals surface area contributed by atoms with Crippen LogP contribution in [0.3, 0.4) is 0 Å². The highest BCUT2D eigenvalue weighted by atomic mass is 79.9. The molecule has 3 aromatic heterocycles. The van der Waals surface area contributed by atoms with Gasteiger partial charge >= 0.3 is 23.9 Å². The predicted octanol–water partition coefficient (Wildman–Crippen LogP) is 14.3. The number of carbonyl (C=O) groups excluding carboxylic acids is 7. The number of benzene rings is 4. The molecule has 2 aliphatic heterocycles. The molecule has 2 amide bonds. The van der Waals surface area contributed by atoms with Crippen LogP contribution in [0.2, 0.25) is 10.0 Å². The quantitative estimate of drug-likeness (QED) is 0.0274. The van der Waals surface area contributed by atoms with Gasteiger partial charge in [-0.2, -0.15) is 18.6 Å². The Kier molecular flexibility index (Phi) is 24.9. The Morgan fingerprint density at radius 2 is 1.09 bits per heavy atom. The van der Waals surface area contributed by atoms with E-state index >= 15 is 0 Å². The number of aliphatic carboxylic acids is 1. The number of hydrogen-bond donors (Lipinski definition) is 2. The van der Waals surface area contributed by atoms with Crippen LogP contribution in [0.4, 0.5) is 0 Å². The minimum atomic E-state index is -4.21. The molecular weight excluding hydrogens is 1620 g/mol. The van der Waals surface area contributed by atoms with E-state index in [-0.39, 0.29) is 103 Å². The van der Waals surface area contributed by atoms with Gasteiger partial charge in [0.2, 0.25) is 11.8 Å². The number of amides is 2. The molecule has 622 valence electrons. The molecule has 2 saturated heterocycles. The molecule has 6 aliphatic carbocycles. The summed E-state index contributed by atoms with van der Waals surface area (Å²) in [5, 5.41) is 21.3. The maximum atomic E-state index is 14.7. The summed E-state index contributed by atoms with van der Waals surface area (Å²) in [6, 6.07) is 19.8. The number of nitrogens with zero attached hydrogens (tertiary/aromatic N) is 6. The number of carboxylic acids is 1. The first-order valence-corrected chi connectivity index (χ1v) is 42.9. The van der Waals surface area contributed by atoms with E-state index in [9.17, 15) is 56.7 Å². The Morgan fingerprint density at radius 1 is 0.603 bits per heavy atom. The van der Waals surface area contributed by atoms with Crippen LogP contribution in [0, 0.1) is 69.0 Å². The fourth-order valence-electron chi connectivity index (χ4n) is 18.2. The third kappa shape index (κ3) is 18.3. The number of rotatable bonds is 27. The number of ketones is 2. The number of H-pyrrole nitrogens is 1. The number of carbonyl (C=O) groups is 8. The average Bonchev–Trinajstić information content (AvgIpc) is 1.51. The standard InChI is InChI=1S/C40H48ClN3O8.C33H44BrNO9S.C13H10ClN3O2/c1-6-24-19-40(24,38(48)49)20-32(45)31-17-27(21-43(31)37(47)30(39(2,3)4)18-35(46)52-26-13-22-12-23(22)14-26)51-34-16-25(44-11-7-10-42-44)15-29-28(34)8-9-33(50-5)36(29)41;1-6-21-16-33(21,31(39)42-5)17-28(36)27-14-24(44-45(40,41)25-9-7-22(34)8-10-25)18-35(27)30(38)26(32(2,3)4)15-29(37)43-23-12-19-11-20(19)13-23;1-19-10-4-3-8-9(18)7-11(16-13(8)12(10)14)17-6-2-5-15-17/h7-11,15-16,22-24,26-27,30-31H,6,12-14,17-21H2,1-5H3,(H,48,49);7-10,19-21,23-24,26-27H,6,11-18H2,1-5H3;2-7H,1H3,(H,16,18)/t22-,23+,24-,26?,27-,30-,31+,40-;19-,20+,21-,23?,24+,26-,27+,33-;/m11./s1. The van der Waals surface area contributed by atoms with Crippen molar-refractivity contribution in [2.75, 3.05) is 34.4 Å². The van der Waals surface area contributed by atoms with Crippen molar-refractivity contribution in [1.29, 1.82) is 0 Å². The second-order valence-electron chi connectivity index (χ2n) is 34.8. The summed E-state index contributed by atoms with van der Waals surface area (Å²) in [6.45, 7) is 15.1. The zero-order chi connectivity index (χ0) is 83.4. The molecule has 6 saturated carbocycles. The van der Waals surface area contributed by atoms with E-state index < -0.39 is 97.7 Å². The molecule has 15 rings (SSSR count). The number of ether oxygens (including phenoxy) is 6. The van der Waals surface area contributed by atoms with Crippen LogP contribution in [-0.4, -0.2) is 166 Å². The van der Waals surface area contributed by atoms with Gasteiger partial charge < -0.3 is 48.3 Å². The predicted molar refractivity (Wildman–Crippen MR) is 434 cm³/mol. The van der Waals surface area contributed by atoms with Gasteiger partial charge in [0.1, 0.15) is 46.4 Å². The summed E-state index contributed by atoms with van der Waals surface area (Å²) >= 11 is 16.3. The van der Waals surface area contributed by atoms with E-state index in [2.05, 4.69) is 31.1 Å². The van der Waals surface area contributed by atoms with Gasteiger partial charge in [0.05, 0.1) is 103 Å². The number of pyridine rings is 1. The summed E-state index contributed by atoms with van der Waals surface area (Å²) in [4.78, 5) is 127. The number of fused-ring (bicyclic) bond motifs is 4. The number of halogens is 3. The fourth-order valence-corrected chi connectivity index (χ4v) is 20.1. The van der Waals surface area contributed by atoms with E-state index in [1.54, 1.807) is 83.7 Å². The molecule has 116 heavy (non-hydrogen) atoms. The lowest BCUT2D eigenvalue weighted by molar-refractivity contribution is -0.157. The molecule has 8 fully saturated rings. The zero-order valence-corrected chi connectivity index (χ0v) is 71.1. The number of aromatic amines is 1. The van der Waals surface area contributed by atoms with Crippen LogP contribution >= 0.6 is 39.1 Å². The fraction of sp³-hybridized carbons (Fsp3) is 0.547. The van der Waals surface area contributed by atoms with E-state index in [4.69, 9.17) is 55.8 Å². The van der Waals surface area contributed by atoms with Crippen molar-refractivity contribution in [2.45, 2.75) is 200 Å². The molecule has 8 aliphatic rings. The monoisotopic (exact) mass is 1720 g/mol. The number of aromatic nitrogens is 5. The number of carboxylic acid groups (broad SMARTS) is 1. The van der Waals surface area contributed by atoms with Crippen LogP contribution in [0.15, 0.2) is 118 Å². The zero-order valence-electron chi connectivity index (χ0n) is 67.1. The normalized spacial score (nSPS) is 26.6. The molecule has 2 N–H and O–H groups in total. The molecule has 5 heterocycles. The maximum Gasteiger partial charge on any atom is 0.312 e. The summed E-state index contributed by atoms with van der Waals surface area (Å²) < 4.78 is 70.0. The van der Waals surface area contributed by atoms with Crippen molar-refractivity contribution in [3.8, 4) is 28.8 Å². The largest absolute Gasteiger partial charge is 0.495 e. The molecule has 16 atom stereocenters. The Hall–Kier alpha value is -8.70. The second kappa shape index (κ2) is 34.0. The van der Waals surface area contributed by atoms with Gasteiger partial charge in [0.25, 0.3) is 10.1 Å². The highest BCUT2D eigenvalue weighted by Gasteiger charge is 2.63. The Labute approximate surface area is 692 Å². The minimum Gasteiger partial charge on any atom is -0.495 e. The summed E-state index contributed by atoms with van der Waals surface area (Å²) in [5.74, 6) is -0.790. The number of methoxy groups -OCH3 is 3. The van der Waals surface area contributed by atoms with Crippen LogP contribution in [0.5, 0.6) is 17.2 Å². The van der Waals surface area contributed by atoms with Crippen LogP contribution in [0.1, 0.15) is 158 Å². The maximum absolute atomic E-state index is 14.7. The van der Waals surface area contributed by atoms with Crippen molar-refractivity contribution < 1.29 is 84.5 Å².